The molecule has 1 aromatic carbocycles. The molecule has 0 aliphatic heterocycles. The van der Waals surface area contributed by atoms with Gasteiger partial charge in [0.2, 0.25) is 0 Å². The highest BCUT2D eigenvalue weighted by Gasteiger charge is 2.29. The van der Waals surface area contributed by atoms with E-state index in [1.54, 1.807) is 0 Å². The minimum absolute atomic E-state index is 0.271. The van der Waals surface area contributed by atoms with Crippen LogP contribution in [-0.2, 0) is 0 Å². The van der Waals surface area contributed by atoms with Gasteiger partial charge in [0.1, 0.15) is 6.10 Å². The lowest BCUT2D eigenvalue weighted by molar-refractivity contribution is 0.165. The third-order valence-corrected chi connectivity index (χ3v) is 3.70. The second-order valence-corrected chi connectivity index (χ2v) is 5.44. The van der Waals surface area contributed by atoms with Gasteiger partial charge in [0.15, 0.2) is 11.5 Å². The SMILES string of the molecule is CCCNC1CCCC1Oc1ccccc1OCCC. The summed E-state index contributed by atoms with van der Waals surface area (Å²) >= 11 is 0. The highest BCUT2D eigenvalue weighted by molar-refractivity contribution is 5.39. The first-order chi connectivity index (χ1) is 9.85. The van der Waals surface area contributed by atoms with E-state index >= 15 is 0 Å². The van der Waals surface area contributed by atoms with Crippen LogP contribution >= 0.6 is 0 Å². The van der Waals surface area contributed by atoms with Crippen LogP contribution < -0.4 is 14.8 Å². The Hall–Kier alpha value is -1.22. The molecule has 1 aromatic rings. The lowest BCUT2D eigenvalue weighted by Gasteiger charge is -2.23. The van der Waals surface area contributed by atoms with Crippen molar-refractivity contribution in [1.29, 1.82) is 0 Å². The lowest BCUT2D eigenvalue weighted by atomic mass is 10.2. The molecule has 1 aliphatic rings. The van der Waals surface area contributed by atoms with Gasteiger partial charge in [0.05, 0.1) is 6.61 Å². The quantitative estimate of drug-likeness (QED) is 0.784. The molecule has 1 aliphatic carbocycles. The Morgan fingerprint density at radius 1 is 1.10 bits per heavy atom. The average Bonchev–Trinajstić information content (AvgIpc) is 2.91. The molecule has 2 unspecified atom stereocenters. The van der Waals surface area contributed by atoms with E-state index < -0.39 is 0 Å². The maximum Gasteiger partial charge on any atom is 0.161 e. The molecule has 1 saturated carbocycles. The van der Waals surface area contributed by atoms with Crippen molar-refractivity contribution in [2.24, 2.45) is 0 Å². The predicted octanol–water partition coefficient (Wildman–Crippen LogP) is 3.77. The fourth-order valence-corrected chi connectivity index (χ4v) is 2.67. The average molecular weight is 277 g/mol. The zero-order chi connectivity index (χ0) is 14.2. The van der Waals surface area contributed by atoms with Gasteiger partial charge in [-0.15, -0.1) is 0 Å². The van der Waals surface area contributed by atoms with Gasteiger partial charge in [-0.25, -0.2) is 0 Å². The smallest absolute Gasteiger partial charge is 0.161 e. The molecule has 3 nitrogen and oxygen atoms in total. The number of hydrogen-bond acceptors (Lipinski definition) is 3. The van der Waals surface area contributed by atoms with Gasteiger partial charge in [-0.2, -0.15) is 0 Å². The monoisotopic (exact) mass is 277 g/mol. The van der Waals surface area contributed by atoms with E-state index in [2.05, 4.69) is 19.2 Å². The number of rotatable bonds is 8. The number of nitrogens with one attached hydrogen (secondary N) is 1. The second-order valence-electron chi connectivity index (χ2n) is 5.44. The molecule has 1 fully saturated rings. The second kappa shape index (κ2) is 8.15. The number of ether oxygens (including phenoxy) is 2. The Balaban J connectivity index is 1.97. The Kier molecular flexibility index (Phi) is 6.19. The Labute approximate surface area is 122 Å². The first-order valence-electron chi connectivity index (χ1n) is 7.97. The van der Waals surface area contributed by atoms with Gasteiger partial charge in [0.25, 0.3) is 0 Å². The molecular formula is C17H27NO2. The Morgan fingerprint density at radius 3 is 2.65 bits per heavy atom. The third kappa shape index (κ3) is 4.14. The molecule has 2 rings (SSSR count). The maximum absolute atomic E-state index is 6.23. The van der Waals surface area contributed by atoms with Crippen LogP contribution in [0.15, 0.2) is 24.3 Å². The van der Waals surface area contributed by atoms with Crippen LogP contribution in [-0.4, -0.2) is 25.3 Å². The van der Waals surface area contributed by atoms with Crippen LogP contribution in [0.5, 0.6) is 11.5 Å². The van der Waals surface area contributed by atoms with Crippen molar-refractivity contribution in [3.8, 4) is 11.5 Å². The summed E-state index contributed by atoms with van der Waals surface area (Å²) in [5.74, 6) is 1.76. The summed E-state index contributed by atoms with van der Waals surface area (Å²) in [5.41, 5.74) is 0. The van der Waals surface area contributed by atoms with Gasteiger partial charge in [-0.1, -0.05) is 26.0 Å². The van der Waals surface area contributed by atoms with Crippen molar-refractivity contribution in [2.45, 2.75) is 58.1 Å². The molecule has 0 aromatic heterocycles. The highest BCUT2D eigenvalue weighted by atomic mass is 16.5. The molecule has 112 valence electrons. The largest absolute Gasteiger partial charge is 0.490 e. The summed E-state index contributed by atoms with van der Waals surface area (Å²) in [5, 5.41) is 3.60. The summed E-state index contributed by atoms with van der Waals surface area (Å²) in [4.78, 5) is 0. The number of hydrogen-bond donors (Lipinski definition) is 1. The molecule has 1 N–H and O–H groups in total. The van der Waals surface area contributed by atoms with Gasteiger partial charge < -0.3 is 14.8 Å². The van der Waals surface area contributed by atoms with E-state index in [0.29, 0.717) is 6.04 Å². The fraction of sp³-hybridized carbons (Fsp3) is 0.647. The standard InChI is InChI=1S/C17H27NO2/c1-3-12-18-14-8-7-11-15(14)20-17-10-6-5-9-16(17)19-13-4-2/h5-6,9-10,14-15,18H,3-4,7-8,11-13H2,1-2H3. The molecular weight excluding hydrogens is 250 g/mol. The van der Waals surface area contributed by atoms with Gasteiger partial charge in [0, 0.05) is 6.04 Å². The van der Waals surface area contributed by atoms with Crippen LogP contribution in [0.3, 0.4) is 0 Å². The molecule has 0 amide bonds. The third-order valence-electron chi connectivity index (χ3n) is 3.70. The normalized spacial score (nSPS) is 21.9. The van der Waals surface area contributed by atoms with E-state index in [0.717, 1.165) is 37.5 Å². The van der Waals surface area contributed by atoms with Crippen molar-refractivity contribution in [3.63, 3.8) is 0 Å². The molecule has 0 saturated heterocycles. The van der Waals surface area contributed by atoms with Crippen molar-refractivity contribution in [1.82, 2.24) is 5.32 Å². The van der Waals surface area contributed by atoms with E-state index in [9.17, 15) is 0 Å². The summed E-state index contributed by atoms with van der Waals surface area (Å²) < 4.78 is 12.0. The molecule has 2 atom stereocenters. The van der Waals surface area contributed by atoms with E-state index in [1.165, 1.54) is 19.3 Å². The van der Waals surface area contributed by atoms with Crippen LogP contribution in [0.1, 0.15) is 46.0 Å². The summed E-state index contributed by atoms with van der Waals surface area (Å²) in [6.45, 7) is 6.12. The first-order valence-corrected chi connectivity index (χ1v) is 7.97. The predicted molar refractivity (Wildman–Crippen MR) is 82.6 cm³/mol. The lowest BCUT2D eigenvalue weighted by Crippen LogP contribution is -2.39. The van der Waals surface area contributed by atoms with E-state index in [-0.39, 0.29) is 6.10 Å². The van der Waals surface area contributed by atoms with Crippen molar-refractivity contribution in [3.05, 3.63) is 24.3 Å². The van der Waals surface area contributed by atoms with Gasteiger partial charge in [-0.3, -0.25) is 0 Å². The van der Waals surface area contributed by atoms with Gasteiger partial charge >= 0.3 is 0 Å². The summed E-state index contributed by atoms with van der Waals surface area (Å²) in [6.07, 6.45) is 6.03. The van der Waals surface area contributed by atoms with Crippen LogP contribution in [0.4, 0.5) is 0 Å². The summed E-state index contributed by atoms with van der Waals surface area (Å²) in [7, 11) is 0. The Morgan fingerprint density at radius 2 is 1.90 bits per heavy atom. The molecule has 0 heterocycles. The zero-order valence-corrected chi connectivity index (χ0v) is 12.7. The first kappa shape index (κ1) is 15.2. The molecule has 0 bridgehead atoms. The highest BCUT2D eigenvalue weighted by Crippen LogP contribution is 2.31. The maximum atomic E-state index is 6.23. The minimum Gasteiger partial charge on any atom is -0.490 e. The van der Waals surface area contributed by atoms with Crippen molar-refractivity contribution in [2.75, 3.05) is 13.2 Å². The fourth-order valence-electron chi connectivity index (χ4n) is 2.67. The van der Waals surface area contributed by atoms with Crippen LogP contribution in [0.2, 0.25) is 0 Å². The topological polar surface area (TPSA) is 30.5 Å². The molecule has 0 radical (unpaired) electrons. The molecule has 3 heteroatoms. The van der Waals surface area contributed by atoms with Crippen molar-refractivity contribution >= 4 is 0 Å². The van der Waals surface area contributed by atoms with Crippen LogP contribution in [0.25, 0.3) is 0 Å². The molecule has 0 spiro atoms. The minimum atomic E-state index is 0.271. The number of benzene rings is 1. The van der Waals surface area contributed by atoms with Crippen LogP contribution in [0, 0.1) is 0 Å². The van der Waals surface area contributed by atoms with Crippen molar-refractivity contribution < 1.29 is 9.47 Å². The molecule has 20 heavy (non-hydrogen) atoms. The number of para-hydroxylation sites is 2. The van der Waals surface area contributed by atoms with E-state index in [4.69, 9.17) is 9.47 Å². The summed E-state index contributed by atoms with van der Waals surface area (Å²) in [6, 6.07) is 8.50. The Bertz CT molecular complexity index is 394. The van der Waals surface area contributed by atoms with Gasteiger partial charge in [-0.05, 0) is 50.8 Å². The van der Waals surface area contributed by atoms with E-state index in [1.807, 2.05) is 24.3 Å². The zero-order valence-electron chi connectivity index (χ0n) is 12.7.